The Labute approximate surface area is 529 Å². The zero-order valence-electron chi connectivity index (χ0n) is 48.1. The SMILES string of the molecule is c1ccc2c(c1)-c1c(sc3ccccc13)B1N2c2cccc3c4ccccc4n1c23.c1ccc2c(c1)-c1sc3ccccc3c1B1N2c2cccc3c4ccccc4n1c23.c1ccc2c(c1)B1N(c3c-2sc2ccccc32)c2cccc3c4ccccc4n1c23. The first-order valence-corrected chi connectivity index (χ1v) is 33.5. The predicted molar refractivity (Wildman–Crippen MR) is 389 cm³/mol. The number of thiophene rings is 3. The number of rotatable bonds is 0. The van der Waals surface area contributed by atoms with Crippen molar-refractivity contribution in [3.63, 3.8) is 0 Å². The predicted octanol–water partition coefficient (Wildman–Crippen LogP) is 19.2. The standard InChI is InChI=1S/3C26H15BN2S/c1-4-12-20-18(9-1)26-25(19-10-3-6-15-23(19)30-26)29-22-14-7-11-17-16-8-2-5-13-21(16)28(24(17)22)27(20)29;1-4-12-20-16(8-1)17-11-7-14-22-25(17)29(20)27-24-19-10-3-6-15-23(19)30-26(24)18-9-2-5-13-21(18)28(22)27;1-4-12-20-16(8-1)17-11-7-14-22-25(17)29(20)27-26-24(19-10-3-6-15-23(19)30-26)18-9-2-5-13-21(18)28(22)27/h3*1-15H. The summed E-state index contributed by atoms with van der Waals surface area (Å²) in [6, 6.07) is 100. The molecule has 0 N–H and O–H groups in total. The Kier molecular flexibility index (Phi) is 9.51. The second-order valence-corrected chi connectivity index (χ2v) is 27.7. The van der Waals surface area contributed by atoms with E-state index in [4.69, 9.17) is 0 Å². The lowest BCUT2D eigenvalue weighted by atomic mass is 9.61. The molecule has 12 heteroatoms. The zero-order chi connectivity index (χ0) is 58.2. The van der Waals surface area contributed by atoms with E-state index in [0.717, 1.165) is 0 Å². The van der Waals surface area contributed by atoms with Gasteiger partial charge in [0.2, 0.25) is 0 Å². The van der Waals surface area contributed by atoms with Crippen LogP contribution in [-0.4, -0.2) is 34.4 Å². The Balaban J connectivity index is 0.0000000893. The molecule has 12 heterocycles. The van der Waals surface area contributed by atoms with Gasteiger partial charge < -0.3 is 27.9 Å². The Morgan fingerprint density at radius 3 is 1.28 bits per heavy atom. The first-order valence-electron chi connectivity index (χ1n) is 31.0. The van der Waals surface area contributed by atoms with Gasteiger partial charge in [0.25, 0.3) is 0 Å². The third-order valence-corrected chi connectivity index (χ3v) is 23.9. The first kappa shape index (κ1) is 48.5. The minimum Gasteiger partial charge on any atom is -0.359 e. The smallest absolute Gasteiger partial charge is 0.359 e. The van der Waals surface area contributed by atoms with Crippen LogP contribution in [0.25, 0.3) is 128 Å². The molecule has 0 fully saturated rings. The molecule has 0 bridgehead atoms. The van der Waals surface area contributed by atoms with Crippen LogP contribution in [-0.2, 0) is 0 Å². The summed E-state index contributed by atoms with van der Waals surface area (Å²) < 4.78 is 13.2. The van der Waals surface area contributed by atoms with E-state index in [1.54, 1.807) is 0 Å². The number of benzene rings is 12. The Hall–Kier alpha value is -10.5. The first-order chi connectivity index (χ1) is 44.7. The van der Waals surface area contributed by atoms with Crippen molar-refractivity contribution >= 4 is 200 Å². The molecule has 0 aliphatic carbocycles. The molecular formula is C78H45B3N6S3. The van der Waals surface area contributed by atoms with Crippen LogP contribution < -0.4 is 30.1 Å². The van der Waals surface area contributed by atoms with Crippen LogP contribution in [0.2, 0.25) is 0 Å². The summed E-state index contributed by atoms with van der Waals surface area (Å²) in [5.74, 6) is 0. The van der Waals surface area contributed by atoms with E-state index >= 15 is 0 Å². The van der Waals surface area contributed by atoms with Gasteiger partial charge in [-0.05, 0) is 94.0 Å². The molecule has 414 valence electrons. The summed E-state index contributed by atoms with van der Waals surface area (Å²) in [5, 5.41) is 12.2. The molecule has 0 saturated heterocycles. The molecule has 0 atom stereocenters. The second-order valence-electron chi connectivity index (χ2n) is 24.5. The van der Waals surface area contributed by atoms with Gasteiger partial charge in [0.05, 0.1) is 44.2 Å². The highest BCUT2D eigenvalue weighted by molar-refractivity contribution is 7.30. The summed E-state index contributed by atoms with van der Waals surface area (Å²) in [7, 11) is 0. The fourth-order valence-corrected chi connectivity index (χ4v) is 20.7. The van der Waals surface area contributed by atoms with Crippen LogP contribution in [0.1, 0.15) is 0 Å². The van der Waals surface area contributed by atoms with E-state index in [0.29, 0.717) is 0 Å². The zero-order valence-corrected chi connectivity index (χ0v) is 50.6. The third kappa shape index (κ3) is 6.02. The van der Waals surface area contributed by atoms with E-state index in [-0.39, 0.29) is 20.9 Å². The molecule has 18 aromatic rings. The van der Waals surface area contributed by atoms with Gasteiger partial charge in [0.1, 0.15) is 0 Å². The van der Waals surface area contributed by atoms with Crippen molar-refractivity contribution in [2.75, 3.05) is 14.4 Å². The normalized spacial score (nSPS) is 13.9. The lowest BCUT2D eigenvalue weighted by molar-refractivity contribution is 1.32. The fourth-order valence-electron chi connectivity index (χ4n) is 16.9. The van der Waals surface area contributed by atoms with E-state index < -0.39 is 0 Å². The highest BCUT2D eigenvalue weighted by atomic mass is 32.1. The number of nitrogens with zero attached hydrogens (tertiary/aromatic N) is 6. The molecule has 90 heavy (non-hydrogen) atoms. The average molecular weight is 1190 g/mol. The van der Waals surface area contributed by atoms with Gasteiger partial charge in [-0.3, -0.25) is 0 Å². The summed E-state index contributed by atoms with van der Waals surface area (Å²) in [6.45, 7) is 0.449. The lowest BCUT2D eigenvalue weighted by Crippen LogP contribution is -2.51. The van der Waals surface area contributed by atoms with Crippen molar-refractivity contribution in [3.8, 4) is 32.0 Å². The maximum Gasteiger partial charge on any atom is 0.432 e. The molecule has 0 amide bonds. The Morgan fingerprint density at radius 2 is 0.656 bits per heavy atom. The summed E-state index contributed by atoms with van der Waals surface area (Å²) in [5.41, 5.74) is 24.2. The number of para-hydroxylation sites is 8. The third-order valence-electron chi connectivity index (χ3n) is 20.3. The average Bonchev–Trinajstić information content (AvgIpc) is 1.54. The van der Waals surface area contributed by atoms with Crippen molar-refractivity contribution in [2.24, 2.45) is 0 Å². The summed E-state index contributed by atoms with van der Waals surface area (Å²) in [6.07, 6.45) is 0. The Morgan fingerprint density at radius 1 is 0.256 bits per heavy atom. The van der Waals surface area contributed by atoms with Crippen LogP contribution in [0.5, 0.6) is 0 Å². The van der Waals surface area contributed by atoms with Crippen LogP contribution in [0.3, 0.4) is 0 Å². The minimum atomic E-state index is 0.144. The van der Waals surface area contributed by atoms with Gasteiger partial charge in [0.15, 0.2) is 0 Å². The largest absolute Gasteiger partial charge is 0.432 e. The number of hydrogen-bond acceptors (Lipinski definition) is 6. The molecule has 0 unspecified atom stereocenters. The number of aromatic nitrogens is 3. The molecule has 24 rings (SSSR count). The molecule has 0 radical (unpaired) electrons. The van der Waals surface area contributed by atoms with Crippen LogP contribution in [0.4, 0.5) is 34.1 Å². The van der Waals surface area contributed by atoms with Gasteiger partial charge in [-0.15, -0.1) is 34.0 Å². The van der Waals surface area contributed by atoms with Gasteiger partial charge in [-0.1, -0.05) is 206 Å². The molecule has 0 saturated carbocycles. The minimum absolute atomic E-state index is 0.144. The van der Waals surface area contributed by atoms with Crippen molar-refractivity contribution in [2.45, 2.75) is 0 Å². The monoisotopic (exact) mass is 1190 g/mol. The van der Waals surface area contributed by atoms with Gasteiger partial charge in [0, 0.05) is 106 Å². The highest BCUT2D eigenvalue weighted by Gasteiger charge is 2.50. The van der Waals surface area contributed by atoms with E-state index in [1.807, 2.05) is 34.0 Å². The van der Waals surface area contributed by atoms with E-state index in [2.05, 4.69) is 301 Å². The van der Waals surface area contributed by atoms with Crippen LogP contribution in [0.15, 0.2) is 273 Å². The molecule has 6 aliphatic heterocycles. The number of hydrogen-bond donors (Lipinski definition) is 0. The second kappa shape index (κ2) is 17.6. The quantitative estimate of drug-likeness (QED) is 0.141. The van der Waals surface area contributed by atoms with Crippen molar-refractivity contribution in [1.82, 2.24) is 13.4 Å². The molecule has 6 nitrogen and oxygen atoms in total. The lowest BCUT2D eigenvalue weighted by Gasteiger charge is -2.33. The van der Waals surface area contributed by atoms with Gasteiger partial charge in [-0.2, -0.15) is 0 Å². The molecule has 0 spiro atoms. The fraction of sp³-hybridized carbons (Fsp3) is 0. The van der Waals surface area contributed by atoms with Gasteiger partial charge >= 0.3 is 20.9 Å². The maximum atomic E-state index is 2.59. The maximum absolute atomic E-state index is 2.59. The van der Waals surface area contributed by atoms with Crippen molar-refractivity contribution < 1.29 is 0 Å². The highest BCUT2D eigenvalue weighted by Crippen LogP contribution is 2.56. The summed E-state index contributed by atoms with van der Waals surface area (Å²) in [4.78, 5) is 10.5. The van der Waals surface area contributed by atoms with Crippen molar-refractivity contribution in [3.05, 3.63) is 273 Å². The molecule has 6 aromatic heterocycles. The van der Waals surface area contributed by atoms with Crippen molar-refractivity contribution in [1.29, 1.82) is 0 Å². The molecular weight excluding hydrogens is 1150 g/mol. The molecule has 12 aromatic carbocycles. The Bertz CT molecular complexity index is 6210. The topological polar surface area (TPSA) is 24.5 Å². The number of fused-ring (bicyclic) bond motifs is 39. The van der Waals surface area contributed by atoms with E-state index in [9.17, 15) is 0 Å². The summed E-state index contributed by atoms with van der Waals surface area (Å²) >= 11 is 5.79. The van der Waals surface area contributed by atoms with Gasteiger partial charge in [-0.25, -0.2) is 0 Å². The number of anilines is 6. The van der Waals surface area contributed by atoms with E-state index in [1.165, 1.54) is 178 Å². The molecule has 6 aliphatic rings. The van der Waals surface area contributed by atoms with Crippen LogP contribution >= 0.6 is 34.0 Å². The van der Waals surface area contributed by atoms with Crippen LogP contribution in [0, 0.1) is 0 Å².